The van der Waals surface area contributed by atoms with Crippen molar-refractivity contribution in [1.82, 2.24) is 13.7 Å². The summed E-state index contributed by atoms with van der Waals surface area (Å²) < 4.78 is 38.8. The number of hydrogen-bond acceptors (Lipinski definition) is 5. The Balaban J connectivity index is 1.54. The largest absolute Gasteiger partial charge is 0.452 e. The van der Waals surface area contributed by atoms with Crippen LogP contribution in [0, 0.1) is 6.92 Å². The molecule has 6 aromatic carbocycles. The Morgan fingerprint density at radius 1 is 0.422 bits per heavy atom. The van der Waals surface area contributed by atoms with E-state index in [4.69, 9.17) is 22.3 Å². The second kappa shape index (κ2) is 8.87. The third-order valence-electron chi connectivity index (χ3n) is 8.44. The zero-order valence-corrected chi connectivity index (χ0v) is 23.9. The van der Waals surface area contributed by atoms with Crippen LogP contribution in [-0.2, 0) is 0 Å². The molecule has 4 aromatic heterocycles. The second-order valence-electron chi connectivity index (χ2n) is 11.1. The van der Waals surface area contributed by atoms with E-state index in [9.17, 15) is 0 Å². The van der Waals surface area contributed by atoms with Crippen LogP contribution in [0.4, 0.5) is 0 Å². The molecule has 0 spiro atoms. The van der Waals surface area contributed by atoms with E-state index < -0.39 is 0 Å². The molecule has 10 rings (SSSR count). The molecule has 0 saturated carbocycles. The fourth-order valence-electron chi connectivity index (χ4n) is 6.48. The summed E-state index contributed by atoms with van der Waals surface area (Å²) in [6, 6.07) is 39.5. The van der Waals surface area contributed by atoms with Crippen molar-refractivity contribution in [2.45, 2.75) is 6.92 Å². The van der Waals surface area contributed by atoms with Gasteiger partial charge in [-0.15, -0.1) is 0 Å². The van der Waals surface area contributed by atoms with Crippen molar-refractivity contribution in [2.24, 2.45) is 0 Å². The maximum absolute atomic E-state index is 6.74. The molecule has 0 saturated heterocycles. The molecule has 0 aliphatic rings. The first kappa shape index (κ1) is 24.2. The molecule has 45 heavy (non-hydrogen) atoms. The lowest BCUT2D eigenvalue weighted by Gasteiger charge is -2.20. The minimum Gasteiger partial charge on any atom is -0.452 e. The fraction of sp³-hybridized carbons (Fsp3) is 0.0270. The fourth-order valence-corrected chi connectivity index (χ4v) is 6.48. The highest BCUT2D eigenvalue weighted by atomic mass is 16.5. The van der Waals surface area contributed by atoms with Crippen molar-refractivity contribution in [1.29, 1.82) is 0 Å². The van der Waals surface area contributed by atoms with E-state index in [-0.39, 0.29) is 0 Å². The van der Waals surface area contributed by atoms with Crippen LogP contribution >= 0.6 is 0 Å². The molecule has 4 heterocycles. The number of aromatic nitrogens is 3. The molecule has 0 N–H and O–H groups in total. The molecule has 0 radical (unpaired) electrons. The minimum atomic E-state index is 0.592. The molecular formula is C37H23N3O5. The normalized spacial score (nSPS) is 12.1. The first-order chi connectivity index (χ1) is 22.2. The van der Waals surface area contributed by atoms with E-state index in [0.717, 1.165) is 33.3 Å². The molecule has 0 amide bonds. The van der Waals surface area contributed by atoms with Crippen molar-refractivity contribution in [2.75, 3.05) is 0 Å². The quantitative estimate of drug-likeness (QED) is 0.178. The van der Waals surface area contributed by atoms with Crippen LogP contribution in [0.5, 0.6) is 0 Å². The molecule has 0 fully saturated rings. The van der Waals surface area contributed by atoms with Gasteiger partial charge >= 0.3 is 0 Å². The van der Waals surface area contributed by atoms with Crippen molar-refractivity contribution >= 4 is 77.8 Å². The van der Waals surface area contributed by atoms with Crippen LogP contribution in [0.1, 0.15) is 5.56 Å². The van der Waals surface area contributed by atoms with E-state index in [1.165, 1.54) is 0 Å². The van der Waals surface area contributed by atoms with Crippen molar-refractivity contribution in [3.05, 3.63) is 127 Å². The predicted octanol–water partition coefficient (Wildman–Crippen LogP) is 10.4. The topological polar surface area (TPSA) is 79.4 Å². The number of nitrogens with zero attached hydrogens (tertiary/aromatic N) is 3. The van der Waals surface area contributed by atoms with Gasteiger partial charge in [0.15, 0.2) is 50.2 Å². The van der Waals surface area contributed by atoms with Gasteiger partial charge in [-0.3, -0.25) is 0 Å². The lowest BCUT2D eigenvalue weighted by atomic mass is 10.1. The molecule has 8 heteroatoms. The third kappa shape index (κ3) is 3.36. The molecule has 10 aromatic rings. The Kier molecular flexibility index (Phi) is 4.77. The first-order valence-corrected chi connectivity index (χ1v) is 14.7. The van der Waals surface area contributed by atoms with Crippen molar-refractivity contribution in [3.63, 3.8) is 0 Å². The highest BCUT2D eigenvalue weighted by molar-refractivity contribution is 6.05. The number of para-hydroxylation sites is 7. The van der Waals surface area contributed by atoms with E-state index in [1.54, 1.807) is 4.57 Å². The van der Waals surface area contributed by atoms with Crippen LogP contribution in [0.3, 0.4) is 0 Å². The number of hydrogen-bond donors (Lipinski definition) is 0. The van der Waals surface area contributed by atoms with Gasteiger partial charge in [0.25, 0.3) is 0 Å². The predicted molar refractivity (Wildman–Crippen MR) is 174 cm³/mol. The summed E-state index contributed by atoms with van der Waals surface area (Å²) in [6.07, 6.45) is 0. The highest BCUT2D eigenvalue weighted by Crippen LogP contribution is 2.38. The van der Waals surface area contributed by atoms with Gasteiger partial charge in [-0.1, -0.05) is 54.6 Å². The molecule has 0 aliphatic heterocycles. The van der Waals surface area contributed by atoms with Crippen LogP contribution in [0.2, 0.25) is 0 Å². The highest BCUT2D eigenvalue weighted by Gasteiger charge is 2.22. The maximum atomic E-state index is 6.74. The van der Waals surface area contributed by atoms with Gasteiger partial charge in [0.05, 0.1) is 11.0 Å². The summed E-state index contributed by atoms with van der Waals surface area (Å²) in [5.74, 6) is 0. The zero-order valence-electron chi connectivity index (χ0n) is 23.9. The SMILES string of the molecule is Cc1c2oc3cccc4oc5ccccc5on(c2cc2c1n(-c1ccccc1)c1cccc5oc6ccccc6on2c51)c43. The maximum Gasteiger partial charge on any atom is 0.198 e. The Bertz CT molecular complexity index is 2890. The first-order valence-electron chi connectivity index (χ1n) is 14.7. The Morgan fingerprint density at radius 2 is 0.956 bits per heavy atom. The van der Waals surface area contributed by atoms with Crippen LogP contribution < -0.4 is 0 Å². The summed E-state index contributed by atoms with van der Waals surface area (Å²) in [7, 11) is 0. The zero-order chi connectivity index (χ0) is 29.6. The van der Waals surface area contributed by atoms with Gasteiger partial charge < -0.3 is 26.9 Å². The lowest BCUT2D eigenvalue weighted by molar-refractivity contribution is 0.408. The average Bonchev–Trinajstić information content (AvgIpc) is 3.36. The second-order valence-corrected chi connectivity index (χ2v) is 11.1. The molecule has 216 valence electrons. The monoisotopic (exact) mass is 589 g/mol. The van der Waals surface area contributed by atoms with Crippen LogP contribution in [0.25, 0.3) is 83.5 Å². The minimum absolute atomic E-state index is 0.592. The Hall–Kier alpha value is -6.28. The molecular weight excluding hydrogens is 566 g/mol. The van der Waals surface area contributed by atoms with Gasteiger partial charge in [-0.05, 0) is 73.7 Å². The molecule has 0 aliphatic carbocycles. The van der Waals surface area contributed by atoms with Crippen LogP contribution in [0.15, 0.2) is 144 Å². The third-order valence-corrected chi connectivity index (χ3v) is 8.44. The van der Waals surface area contributed by atoms with E-state index >= 15 is 0 Å². The summed E-state index contributed by atoms with van der Waals surface area (Å²) >= 11 is 0. The molecule has 0 atom stereocenters. The van der Waals surface area contributed by atoms with Crippen molar-refractivity contribution < 1.29 is 22.3 Å². The molecule has 0 bridgehead atoms. The average molecular weight is 590 g/mol. The standard InChI is InChI=1S/C37H23N3O5/c1-22-34-25(21-26-37(22)43-33-20-10-19-32-36(33)40(26)45-30-17-8-6-15-28(30)42-32)39-35-24(38(34)23-11-3-2-4-12-23)13-9-18-31(35)41-27-14-5-7-16-29(27)44-39/h2-21H,1H3. The van der Waals surface area contributed by atoms with Crippen molar-refractivity contribution in [3.8, 4) is 5.69 Å². The Labute approximate surface area is 253 Å². The molecule has 0 unspecified atom stereocenters. The summed E-state index contributed by atoms with van der Waals surface area (Å²) in [4.78, 5) is 0. The van der Waals surface area contributed by atoms with Gasteiger partial charge in [0.2, 0.25) is 0 Å². The van der Waals surface area contributed by atoms with Gasteiger partial charge in [-0.25, -0.2) is 0 Å². The van der Waals surface area contributed by atoms with Crippen LogP contribution in [-0.4, -0.2) is 13.7 Å². The number of rotatable bonds is 1. The summed E-state index contributed by atoms with van der Waals surface area (Å²) in [6.45, 7) is 2.07. The van der Waals surface area contributed by atoms with Gasteiger partial charge in [0.1, 0.15) is 16.6 Å². The van der Waals surface area contributed by atoms with E-state index in [2.05, 4.69) is 35.8 Å². The van der Waals surface area contributed by atoms with Gasteiger partial charge in [-0.2, -0.15) is 9.15 Å². The smallest absolute Gasteiger partial charge is 0.198 e. The summed E-state index contributed by atoms with van der Waals surface area (Å²) in [5.41, 5.74) is 11.8. The Morgan fingerprint density at radius 3 is 1.64 bits per heavy atom. The number of aryl methyl sites for hydroxylation is 1. The van der Waals surface area contributed by atoms with E-state index in [0.29, 0.717) is 55.7 Å². The molecule has 8 nitrogen and oxygen atoms in total. The lowest BCUT2D eigenvalue weighted by Crippen LogP contribution is -2.07. The van der Waals surface area contributed by atoms with Gasteiger partial charge in [0, 0.05) is 11.3 Å². The summed E-state index contributed by atoms with van der Waals surface area (Å²) in [5, 5.41) is 0. The number of benzene rings is 6. The van der Waals surface area contributed by atoms with E-state index in [1.807, 2.05) is 102 Å². The number of fused-ring (bicyclic) bond motifs is 6.